The van der Waals surface area contributed by atoms with Gasteiger partial charge in [0.05, 0.1) is 10.9 Å². The third-order valence-electron chi connectivity index (χ3n) is 7.30. The summed E-state index contributed by atoms with van der Waals surface area (Å²) in [5.74, 6) is 0.635. The van der Waals surface area contributed by atoms with Gasteiger partial charge in [0.2, 0.25) is 10.0 Å². The molecule has 1 aliphatic rings. The summed E-state index contributed by atoms with van der Waals surface area (Å²) in [5.41, 5.74) is 3.31. The van der Waals surface area contributed by atoms with Crippen molar-refractivity contribution < 1.29 is 8.42 Å². The van der Waals surface area contributed by atoms with Gasteiger partial charge in [0.15, 0.2) is 11.0 Å². The van der Waals surface area contributed by atoms with Crippen LogP contribution in [-0.2, 0) is 10.0 Å². The Labute approximate surface area is 251 Å². The van der Waals surface area contributed by atoms with E-state index in [1.165, 1.54) is 23.3 Å². The van der Waals surface area contributed by atoms with Crippen molar-refractivity contribution >= 4 is 44.7 Å². The molecule has 0 radical (unpaired) electrons. The number of piperazine rings is 1. The summed E-state index contributed by atoms with van der Waals surface area (Å²) in [6, 6.07) is 28.9. The molecule has 41 heavy (non-hydrogen) atoms. The summed E-state index contributed by atoms with van der Waals surface area (Å²) in [6.07, 6.45) is 0.876. The molecule has 0 bridgehead atoms. The highest BCUT2D eigenvalue weighted by Crippen LogP contribution is 2.31. The van der Waals surface area contributed by atoms with Crippen molar-refractivity contribution in [3.05, 3.63) is 112 Å². The van der Waals surface area contributed by atoms with Crippen molar-refractivity contribution in [1.29, 1.82) is 0 Å². The minimum absolute atomic E-state index is 0.0636. The number of aromatic nitrogens is 2. The summed E-state index contributed by atoms with van der Waals surface area (Å²) >= 11 is 12.2. The minimum atomic E-state index is -3.78. The highest BCUT2D eigenvalue weighted by atomic mass is 35.5. The van der Waals surface area contributed by atoms with Crippen LogP contribution in [-0.4, -0.2) is 67.7 Å². The normalized spacial score (nSPS) is 15.5. The molecule has 8 nitrogen and oxygen atoms in total. The predicted octanol–water partition coefficient (Wildman–Crippen LogP) is 5.37. The second kappa shape index (κ2) is 13.3. The first-order valence-corrected chi connectivity index (χ1v) is 15.7. The van der Waals surface area contributed by atoms with E-state index in [4.69, 9.17) is 28.3 Å². The molecule has 1 aliphatic heterocycles. The van der Waals surface area contributed by atoms with Crippen LogP contribution in [0, 0.1) is 0 Å². The number of sulfonamides is 1. The van der Waals surface area contributed by atoms with Gasteiger partial charge in [-0.1, -0.05) is 65.7 Å². The number of benzene rings is 3. The van der Waals surface area contributed by atoms with Gasteiger partial charge < -0.3 is 9.80 Å². The van der Waals surface area contributed by atoms with Crippen molar-refractivity contribution in [3.8, 4) is 0 Å². The van der Waals surface area contributed by atoms with Gasteiger partial charge >= 0.3 is 0 Å². The van der Waals surface area contributed by atoms with Crippen LogP contribution in [0.3, 0.4) is 0 Å². The number of anilines is 2. The third kappa shape index (κ3) is 7.62. The maximum absolute atomic E-state index is 11.7. The lowest BCUT2D eigenvalue weighted by Gasteiger charge is -2.40. The Morgan fingerprint density at radius 1 is 0.805 bits per heavy atom. The van der Waals surface area contributed by atoms with E-state index in [1.807, 2.05) is 29.2 Å². The first kappa shape index (κ1) is 29.4. The minimum Gasteiger partial charge on any atom is -0.325 e. The van der Waals surface area contributed by atoms with Crippen LogP contribution in [0.1, 0.15) is 23.6 Å². The SMILES string of the molecule is NS(=O)(=O)c1ccc(N(CCCN2CCN([C@H](c3ccccc3)c3ccc(Cl)cc3)CC2)c2ccc(Cl)nn2)cc1. The standard InChI is InChI=1S/C30H32Cl2N6O2S/c31-25-9-7-24(8-10-25)30(23-5-2-1-3-6-23)37-21-19-36(20-22-37)17-4-18-38(29-16-15-28(32)34-35-29)26-11-13-27(14-12-26)41(33,39)40/h1-3,5-16,30H,4,17-22H2,(H2,33,39,40)/t30-/m1/s1. The van der Waals surface area contributed by atoms with E-state index in [0.717, 1.165) is 49.9 Å². The molecule has 2 N–H and O–H groups in total. The Morgan fingerprint density at radius 2 is 1.46 bits per heavy atom. The average Bonchev–Trinajstić information content (AvgIpc) is 2.98. The average molecular weight is 612 g/mol. The fourth-order valence-electron chi connectivity index (χ4n) is 5.24. The van der Waals surface area contributed by atoms with Gasteiger partial charge in [0.1, 0.15) is 0 Å². The Bertz CT molecular complexity index is 1510. The molecule has 0 unspecified atom stereocenters. The topological polar surface area (TPSA) is 95.7 Å². The molecule has 0 amide bonds. The van der Waals surface area contributed by atoms with Crippen molar-refractivity contribution in [3.63, 3.8) is 0 Å². The molecular formula is C30H32Cl2N6O2S. The van der Waals surface area contributed by atoms with E-state index >= 15 is 0 Å². The van der Waals surface area contributed by atoms with Crippen LogP contribution < -0.4 is 10.0 Å². The Hall–Kier alpha value is -3.05. The molecule has 0 spiro atoms. The van der Waals surface area contributed by atoms with Crippen LogP contribution >= 0.6 is 23.2 Å². The highest BCUT2D eigenvalue weighted by Gasteiger charge is 2.26. The second-order valence-electron chi connectivity index (χ2n) is 10.0. The van der Waals surface area contributed by atoms with Crippen LogP contribution in [0.15, 0.2) is 95.9 Å². The molecule has 3 aromatic carbocycles. The summed E-state index contributed by atoms with van der Waals surface area (Å²) in [6.45, 7) is 5.40. The van der Waals surface area contributed by atoms with E-state index in [0.29, 0.717) is 17.5 Å². The van der Waals surface area contributed by atoms with Gasteiger partial charge in [-0.15, -0.1) is 10.2 Å². The largest absolute Gasteiger partial charge is 0.325 e. The van der Waals surface area contributed by atoms with Crippen molar-refractivity contribution in [2.75, 3.05) is 44.2 Å². The lowest BCUT2D eigenvalue weighted by molar-refractivity contribution is 0.109. The molecule has 1 saturated heterocycles. The van der Waals surface area contributed by atoms with Gasteiger partial charge in [-0.25, -0.2) is 13.6 Å². The maximum Gasteiger partial charge on any atom is 0.238 e. The summed E-state index contributed by atoms with van der Waals surface area (Å²) in [4.78, 5) is 7.10. The Kier molecular flexibility index (Phi) is 9.54. The van der Waals surface area contributed by atoms with Crippen molar-refractivity contribution in [2.45, 2.75) is 17.4 Å². The fourth-order valence-corrected chi connectivity index (χ4v) is 5.98. The lowest BCUT2D eigenvalue weighted by atomic mass is 9.96. The Morgan fingerprint density at radius 3 is 2.07 bits per heavy atom. The van der Waals surface area contributed by atoms with E-state index < -0.39 is 10.0 Å². The number of halogens is 2. The van der Waals surface area contributed by atoms with Crippen LogP contribution in [0.5, 0.6) is 0 Å². The molecule has 1 fully saturated rings. The van der Waals surface area contributed by atoms with Crippen LogP contribution in [0.4, 0.5) is 11.5 Å². The first-order valence-electron chi connectivity index (χ1n) is 13.4. The summed E-state index contributed by atoms with van der Waals surface area (Å²) in [7, 11) is -3.78. The van der Waals surface area contributed by atoms with E-state index in [9.17, 15) is 8.42 Å². The van der Waals surface area contributed by atoms with Gasteiger partial charge in [0.25, 0.3) is 0 Å². The fraction of sp³-hybridized carbons (Fsp3) is 0.267. The van der Waals surface area contributed by atoms with E-state index in [1.54, 1.807) is 18.2 Å². The monoisotopic (exact) mass is 610 g/mol. The number of nitrogens with two attached hydrogens (primary N) is 1. The third-order valence-corrected chi connectivity index (χ3v) is 8.68. The van der Waals surface area contributed by atoms with Crippen molar-refractivity contribution in [1.82, 2.24) is 20.0 Å². The second-order valence-corrected chi connectivity index (χ2v) is 12.4. The molecule has 1 atom stereocenters. The van der Waals surface area contributed by atoms with Gasteiger partial charge in [-0.2, -0.15) is 0 Å². The number of nitrogens with zero attached hydrogens (tertiary/aromatic N) is 5. The van der Waals surface area contributed by atoms with Crippen LogP contribution in [0.25, 0.3) is 0 Å². The molecule has 5 rings (SSSR count). The van der Waals surface area contributed by atoms with Crippen molar-refractivity contribution in [2.24, 2.45) is 5.14 Å². The Balaban J connectivity index is 1.23. The van der Waals surface area contributed by atoms with Gasteiger partial charge in [-0.05, 0) is 72.6 Å². The van der Waals surface area contributed by atoms with Gasteiger partial charge in [-0.3, -0.25) is 4.90 Å². The predicted molar refractivity (Wildman–Crippen MR) is 164 cm³/mol. The quantitative estimate of drug-likeness (QED) is 0.258. The molecule has 214 valence electrons. The maximum atomic E-state index is 11.7. The molecule has 0 aliphatic carbocycles. The molecule has 4 aromatic rings. The lowest BCUT2D eigenvalue weighted by Crippen LogP contribution is -2.48. The number of rotatable bonds is 10. The number of hydrogen-bond donors (Lipinski definition) is 1. The summed E-state index contributed by atoms with van der Waals surface area (Å²) < 4.78 is 23.4. The first-order chi connectivity index (χ1) is 19.8. The number of primary sulfonamides is 1. The molecule has 0 saturated carbocycles. The zero-order valence-corrected chi connectivity index (χ0v) is 24.8. The molecule has 11 heteroatoms. The molecular weight excluding hydrogens is 579 g/mol. The zero-order valence-electron chi connectivity index (χ0n) is 22.5. The van der Waals surface area contributed by atoms with Gasteiger partial charge in [0, 0.05) is 43.4 Å². The number of hydrogen-bond acceptors (Lipinski definition) is 7. The van der Waals surface area contributed by atoms with Crippen LogP contribution in [0.2, 0.25) is 10.2 Å². The molecule has 2 heterocycles. The highest BCUT2D eigenvalue weighted by molar-refractivity contribution is 7.89. The smallest absolute Gasteiger partial charge is 0.238 e. The summed E-state index contributed by atoms with van der Waals surface area (Å²) in [5, 5.41) is 14.6. The van der Waals surface area contributed by atoms with E-state index in [-0.39, 0.29) is 10.9 Å². The van der Waals surface area contributed by atoms with E-state index in [2.05, 4.69) is 56.4 Å². The molecule has 1 aromatic heterocycles. The zero-order chi connectivity index (χ0) is 28.8.